The number of hydrogen-bond donors (Lipinski definition) is 1. The van der Waals surface area contributed by atoms with E-state index in [0.29, 0.717) is 41.6 Å². The summed E-state index contributed by atoms with van der Waals surface area (Å²) in [5.74, 6) is 1.62. The predicted molar refractivity (Wildman–Crippen MR) is 125 cm³/mol. The lowest BCUT2D eigenvalue weighted by Crippen LogP contribution is -2.37. The highest BCUT2D eigenvalue weighted by atomic mass is 16.5. The summed E-state index contributed by atoms with van der Waals surface area (Å²) in [5.41, 5.74) is 2.87. The van der Waals surface area contributed by atoms with Crippen LogP contribution in [-0.4, -0.2) is 37.0 Å². The van der Waals surface area contributed by atoms with Crippen molar-refractivity contribution in [1.29, 1.82) is 0 Å². The van der Waals surface area contributed by atoms with Crippen LogP contribution in [0.1, 0.15) is 28.4 Å². The van der Waals surface area contributed by atoms with Crippen LogP contribution in [-0.2, 0) is 17.9 Å². The summed E-state index contributed by atoms with van der Waals surface area (Å²) in [7, 11) is 3.18. The number of amides is 2. The van der Waals surface area contributed by atoms with E-state index in [1.807, 2.05) is 36.4 Å². The normalized spacial score (nSPS) is 15.2. The Balaban J connectivity index is 1.58. The van der Waals surface area contributed by atoms with Gasteiger partial charge in [-0.05, 0) is 49.4 Å². The van der Waals surface area contributed by atoms with E-state index in [0.717, 1.165) is 11.1 Å². The summed E-state index contributed by atoms with van der Waals surface area (Å²) in [6, 6.07) is 19.9. The summed E-state index contributed by atoms with van der Waals surface area (Å²) in [5, 5.41) is 2.91. The topological polar surface area (TPSA) is 77.1 Å². The fourth-order valence-corrected chi connectivity index (χ4v) is 3.79. The maximum atomic E-state index is 13.1. The molecule has 170 valence electrons. The molecule has 2 amide bonds. The number of carbonyl (C=O) groups excluding carboxylic acids is 2. The molecule has 0 saturated heterocycles. The van der Waals surface area contributed by atoms with Gasteiger partial charge in [0.05, 0.1) is 14.2 Å². The highest BCUT2D eigenvalue weighted by molar-refractivity contribution is 6.04. The van der Waals surface area contributed by atoms with Crippen LogP contribution in [0, 0.1) is 0 Å². The first kappa shape index (κ1) is 22.2. The Hall–Kier alpha value is -4.00. The second-order valence-electron chi connectivity index (χ2n) is 7.77. The van der Waals surface area contributed by atoms with E-state index in [2.05, 4.69) is 5.32 Å². The van der Waals surface area contributed by atoms with Crippen molar-refractivity contribution in [3.05, 3.63) is 83.4 Å². The highest BCUT2D eigenvalue weighted by Gasteiger charge is 2.29. The van der Waals surface area contributed by atoms with Crippen molar-refractivity contribution in [3.8, 4) is 17.2 Å². The van der Waals surface area contributed by atoms with Crippen molar-refractivity contribution in [1.82, 2.24) is 4.90 Å². The summed E-state index contributed by atoms with van der Waals surface area (Å²) in [4.78, 5) is 27.3. The number of carbonyl (C=O) groups is 2. The molecule has 0 radical (unpaired) electrons. The van der Waals surface area contributed by atoms with Gasteiger partial charge in [-0.25, -0.2) is 0 Å². The van der Waals surface area contributed by atoms with Gasteiger partial charge in [0.15, 0.2) is 6.10 Å². The molecular formula is C26H26N2O5. The molecule has 0 fully saturated rings. The van der Waals surface area contributed by atoms with Gasteiger partial charge in [0.25, 0.3) is 11.8 Å². The fraction of sp³-hybridized carbons (Fsp3) is 0.231. The molecule has 4 rings (SSSR count). The third-order valence-corrected chi connectivity index (χ3v) is 5.53. The number of hydrogen-bond acceptors (Lipinski definition) is 5. The van der Waals surface area contributed by atoms with E-state index in [-0.39, 0.29) is 11.8 Å². The Morgan fingerprint density at radius 2 is 1.85 bits per heavy atom. The first-order chi connectivity index (χ1) is 16.0. The molecule has 0 aromatic heterocycles. The van der Waals surface area contributed by atoms with Crippen LogP contribution >= 0.6 is 0 Å². The predicted octanol–water partition coefficient (Wildman–Crippen LogP) is 4.27. The zero-order valence-electron chi connectivity index (χ0n) is 18.8. The van der Waals surface area contributed by atoms with Crippen LogP contribution in [0.2, 0.25) is 0 Å². The third-order valence-electron chi connectivity index (χ3n) is 5.53. The van der Waals surface area contributed by atoms with Gasteiger partial charge in [0.2, 0.25) is 0 Å². The summed E-state index contributed by atoms with van der Waals surface area (Å²) in [6.07, 6.45) is -0.639. The van der Waals surface area contributed by atoms with E-state index in [4.69, 9.17) is 14.2 Å². The largest absolute Gasteiger partial charge is 0.497 e. The highest BCUT2D eigenvalue weighted by Crippen LogP contribution is 2.31. The van der Waals surface area contributed by atoms with Crippen LogP contribution in [0.25, 0.3) is 0 Å². The molecule has 33 heavy (non-hydrogen) atoms. The quantitative estimate of drug-likeness (QED) is 0.612. The van der Waals surface area contributed by atoms with Gasteiger partial charge in [-0.1, -0.05) is 18.2 Å². The molecule has 1 atom stereocenters. The second-order valence-corrected chi connectivity index (χ2v) is 7.77. The Morgan fingerprint density at radius 3 is 2.58 bits per heavy atom. The van der Waals surface area contributed by atoms with Crippen LogP contribution in [0.3, 0.4) is 0 Å². The molecule has 0 bridgehead atoms. The van der Waals surface area contributed by atoms with Gasteiger partial charge in [-0.3, -0.25) is 9.59 Å². The van der Waals surface area contributed by atoms with Crippen LogP contribution < -0.4 is 19.5 Å². The average Bonchev–Trinajstić information content (AvgIpc) is 2.95. The minimum Gasteiger partial charge on any atom is -0.497 e. The molecule has 1 unspecified atom stereocenters. The molecule has 0 saturated carbocycles. The SMILES string of the molecule is COc1ccc(CN2Cc3cc(NC(=O)c4ccccc4)ccc3OC(C)C2=O)c(OC)c1. The number of benzene rings is 3. The Labute approximate surface area is 192 Å². The monoisotopic (exact) mass is 446 g/mol. The van der Waals surface area contributed by atoms with E-state index in [1.54, 1.807) is 56.4 Å². The van der Waals surface area contributed by atoms with Crippen LogP contribution in [0.15, 0.2) is 66.7 Å². The van der Waals surface area contributed by atoms with E-state index in [9.17, 15) is 9.59 Å². The summed E-state index contributed by atoms with van der Waals surface area (Å²) < 4.78 is 16.7. The second kappa shape index (κ2) is 9.65. The van der Waals surface area contributed by atoms with Gasteiger partial charge in [0, 0.05) is 41.5 Å². The van der Waals surface area contributed by atoms with Gasteiger partial charge < -0.3 is 24.4 Å². The lowest BCUT2D eigenvalue weighted by molar-refractivity contribution is -0.138. The summed E-state index contributed by atoms with van der Waals surface area (Å²) >= 11 is 0. The molecule has 7 heteroatoms. The number of fused-ring (bicyclic) bond motifs is 1. The lowest BCUT2D eigenvalue weighted by Gasteiger charge is -2.23. The van der Waals surface area contributed by atoms with E-state index in [1.165, 1.54) is 0 Å². The van der Waals surface area contributed by atoms with Crippen molar-refractivity contribution in [2.75, 3.05) is 19.5 Å². The zero-order chi connectivity index (χ0) is 23.4. The maximum Gasteiger partial charge on any atom is 0.263 e. The first-order valence-corrected chi connectivity index (χ1v) is 10.6. The Bertz CT molecular complexity index is 1160. The Morgan fingerprint density at radius 1 is 1.06 bits per heavy atom. The van der Waals surface area contributed by atoms with Crippen LogP contribution in [0.5, 0.6) is 17.2 Å². The third kappa shape index (κ3) is 4.92. The molecule has 1 N–H and O–H groups in total. The molecule has 3 aromatic rings. The van der Waals surface area contributed by atoms with Crippen molar-refractivity contribution < 1.29 is 23.8 Å². The number of methoxy groups -OCH3 is 2. The first-order valence-electron chi connectivity index (χ1n) is 10.6. The number of anilines is 1. The van der Waals surface area contributed by atoms with Gasteiger partial charge in [0.1, 0.15) is 17.2 Å². The molecule has 1 aliphatic heterocycles. The number of nitrogens with one attached hydrogen (secondary N) is 1. The number of ether oxygens (including phenoxy) is 3. The van der Waals surface area contributed by atoms with Crippen LogP contribution in [0.4, 0.5) is 5.69 Å². The van der Waals surface area contributed by atoms with Crippen molar-refractivity contribution in [2.24, 2.45) is 0 Å². The number of rotatable bonds is 6. The number of nitrogens with zero attached hydrogens (tertiary/aromatic N) is 1. The molecule has 0 spiro atoms. The Kier molecular flexibility index (Phi) is 6.49. The summed E-state index contributed by atoms with van der Waals surface area (Å²) in [6.45, 7) is 2.42. The minimum absolute atomic E-state index is 0.126. The van der Waals surface area contributed by atoms with Gasteiger partial charge in [-0.2, -0.15) is 0 Å². The standard InChI is InChI=1S/C26H26N2O5/c1-17-26(30)28(15-19-9-11-22(31-2)14-24(19)32-3)16-20-13-21(10-12-23(20)33-17)27-25(29)18-7-5-4-6-8-18/h4-14,17H,15-16H2,1-3H3,(H,27,29). The lowest BCUT2D eigenvalue weighted by atomic mass is 10.1. The molecular weight excluding hydrogens is 420 g/mol. The molecule has 7 nitrogen and oxygen atoms in total. The molecule has 3 aromatic carbocycles. The van der Waals surface area contributed by atoms with Crippen molar-refractivity contribution in [3.63, 3.8) is 0 Å². The molecule has 1 aliphatic rings. The van der Waals surface area contributed by atoms with E-state index < -0.39 is 6.10 Å². The van der Waals surface area contributed by atoms with E-state index >= 15 is 0 Å². The maximum absolute atomic E-state index is 13.1. The van der Waals surface area contributed by atoms with Crippen molar-refractivity contribution >= 4 is 17.5 Å². The minimum atomic E-state index is -0.639. The molecule has 1 heterocycles. The zero-order valence-corrected chi connectivity index (χ0v) is 18.8. The van der Waals surface area contributed by atoms with Gasteiger partial charge in [-0.15, -0.1) is 0 Å². The average molecular weight is 447 g/mol. The fourth-order valence-electron chi connectivity index (χ4n) is 3.79. The van der Waals surface area contributed by atoms with Crippen molar-refractivity contribution in [2.45, 2.75) is 26.1 Å². The van der Waals surface area contributed by atoms with Gasteiger partial charge >= 0.3 is 0 Å². The molecule has 0 aliphatic carbocycles. The smallest absolute Gasteiger partial charge is 0.263 e.